The highest BCUT2D eigenvalue weighted by Gasteiger charge is 2.28. The predicted molar refractivity (Wildman–Crippen MR) is 63.7 cm³/mol. The Bertz CT molecular complexity index is 553. The van der Waals surface area contributed by atoms with Crippen LogP contribution in [0.3, 0.4) is 0 Å². The van der Waals surface area contributed by atoms with Gasteiger partial charge in [0, 0.05) is 0 Å². The normalized spacial score (nSPS) is 14.8. The number of rotatable bonds is 4. The van der Waals surface area contributed by atoms with E-state index in [4.69, 9.17) is 0 Å². The summed E-state index contributed by atoms with van der Waals surface area (Å²) < 4.78 is 39.9. The number of hydrogen-bond acceptors (Lipinski definition) is 4. The van der Waals surface area contributed by atoms with E-state index in [1.165, 1.54) is 12.1 Å². The van der Waals surface area contributed by atoms with Crippen LogP contribution in [0.1, 0.15) is 40.2 Å². The van der Waals surface area contributed by atoms with Gasteiger partial charge in [-0.25, -0.2) is 17.6 Å². The molecule has 1 aliphatic rings. The lowest BCUT2D eigenvalue weighted by Crippen LogP contribution is -2.07. The summed E-state index contributed by atoms with van der Waals surface area (Å²) in [5.41, 5.74) is 0.975. The van der Waals surface area contributed by atoms with Gasteiger partial charge in [0.1, 0.15) is 16.5 Å². The number of thiol groups is 1. The molecule has 0 radical (unpaired) electrons. The third-order valence-electron chi connectivity index (χ3n) is 2.95. The Morgan fingerprint density at radius 2 is 2.11 bits per heavy atom. The van der Waals surface area contributed by atoms with Crippen molar-refractivity contribution >= 4 is 16.7 Å². The van der Waals surface area contributed by atoms with Crippen LogP contribution in [0.15, 0.2) is 12.1 Å². The third-order valence-corrected chi connectivity index (χ3v) is 3.55. The molecule has 0 saturated heterocycles. The van der Waals surface area contributed by atoms with E-state index in [1.54, 1.807) is 0 Å². The number of carbonyl (C=O) groups excluding carboxylic acids is 1. The minimum atomic E-state index is -2.61. The van der Waals surface area contributed by atoms with Crippen LogP contribution in [0.4, 0.5) is 4.39 Å². The van der Waals surface area contributed by atoms with Gasteiger partial charge in [0.25, 0.3) is 0 Å². The number of esters is 1. The number of halogens is 1. The summed E-state index contributed by atoms with van der Waals surface area (Å²) in [6.45, 7) is 0. The van der Waals surface area contributed by atoms with Crippen molar-refractivity contribution in [3.63, 3.8) is 0 Å². The van der Waals surface area contributed by atoms with Gasteiger partial charge in [0.15, 0.2) is 0 Å². The zero-order valence-corrected chi connectivity index (χ0v) is 10.7. The highest BCUT2D eigenvalue weighted by molar-refractivity contribution is 7.71. The fourth-order valence-electron chi connectivity index (χ4n) is 1.95. The summed E-state index contributed by atoms with van der Waals surface area (Å²) in [6, 6.07) is 2.55. The Hall–Kier alpha value is -1.43. The summed E-state index contributed by atoms with van der Waals surface area (Å²) in [4.78, 5) is 11.4. The molecule has 4 nitrogen and oxygen atoms in total. The van der Waals surface area contributed by atoms with Gasteiger partial charge in [-0.05, 0) is 42.0 Å². The molecule has 1 aliphatic carbocycles. The molecule has 18 heavy (non-hydrogen) atoms. The molecule has 0 amide bonds. The molecular weight excluding hydrogens is 259 g/mol. The van der Waals surface area contributed by atoms with Crippen LogP contribution >= 0.6 is 0 Å². The molecule has 0 aliphatic heterocycles. The second kappa shape index (κ2) is 5.06. The molecule has 98 valence electrons. The second-order valence-electron chi connectivity index (χ2n) is 4.29. The first-order valence-corrected chi connectivity index (χ1v) is 6.91. The maximum atomic E-state index is 13.7. The lowest BCUT2D eigenvalue weighted by Gasteiger charge is -2.09. The van der Waals surface area contributed by atoms with Crippen LogP contribution in [0.25, 0.3) is 0 Å². The zero-order chi connectivity index (χ0) is 13.3. The van der Waals surface area contributed by atoms with Gasteiger partial charge in [0.2, 0.25) is 0 Å². The van der Waals surface area contributed by atoms with Gasteiger partial charge in [-0.2, -0.15) is 0 Å². The summed E-state index contributed by atoms with van der Waals surface area (Å²) in [5, 5.41) is 0. The van der Waals surface area contributed by atoms with E-state index in [9.17, 15) is 17.6 Å². The number of hydrogen-bond donors (Lipinski definition) is 1. The first-order chi connectivity index (χ1) is 8.52. The van der Waals surface area contributed by atoms with Gasteiger partial charge in [-0.1, -0.05) is 0 Å². The highest BCUT2D eigenvalue weighted by Crippen LogP contribution is 2.42. The molecule has 0 aromatic heterocycles. The van der Waals surface area contributed by atoms with Gasteiger partial charge in [-0.15, -0.1) is 0 Å². The molecule has 0 bridgehead atoms. The van der Waals surface area contributed by atoms with Crippen molar-refractivity contribution in [1.82, 2.24) is 0 Å². The predicted octanol–water partition coefficient (Wildman–Crippen LogP) is 1.60. The fraction of sp³-hybridized carbons (Fsp3) is 0.417. The van der Waals surface area contributed by atoms with E-state index in [2.05, 4.69) is 4.74 Å². The van der Waals surface area contributed by atoms with Crippen molar-refractivity contribution in [1.29, 1.82) is 0 Å². The Morgan fingerprint density at radius 3 is 2.61 bits per heavy atom. The Labute approximate surface area is 106 Å². The first-order valence-electron chi connectivity index (χ1n) is 5.55. The van der Waals surface area contributed by atoms with Crippen LogP contribution in [0, 0.1) is 5.82 Å². The van der Waals surface area contributed by atoms with Crippen molar-refractivity contribution in [2.75, 3.05) is 7.11 Å². The fourth-order valence-corrected chi connectivity index (χ4v) is 2.50. The van der Waals surface area contributed by atoms with Crippen LogP contribution in [-0.4, -0.2) is 21.5 Å². The van der Waals surface area contributed by atoms with Crippen molar-refractivity contribution in [3.05, 3.63) is 34.6 Å². The Morgan fingerprint density at radius 1 is 1.44 bits per heavy atom. The van der Waals surface area contributed by atoms with Crippen LogP contribution < -0.4 is 0 Å². The second-order valence-corrected chi connectivity index (χ2v) is 5.27. The number of ether oxygens (including phenoxy) is 1. The van der Waals surface area contributed by atoms with Gasteiger partial charge in [-0.3, -0.25) is 0 Å². The molecule has 1 saturated carbocycles. The van der Waals surface area contributed by atoms with E-state index in [0.717, 1.165) is 20.0 Å². The molecule has 1 fully saturated rings. The molecule has 1 aromatic carbocycles. The standard InChI is InChI=1S/C12H13FO4S/c1-17-12(14)10-4-8(6-18(15)16)9(5-11(10)13)7-2-3-7/h4-5,7,18H,2-3,6H2,1H3. The Balaban J connectivity index is 2.48. The molecule has 0 spiro atoms. The average molecular weight is 272 g/mol. The molecular formula is C12H13FO4S. The number of benzene rings is 1. The van der Waals surface area contributed by atoms with E-state index in [0.29, 0.717) is 11.1 Å². The largest absolute Gasteiger partial charge is 0.465 e. The topological polar surface area (TPSA) is 60.4 Å². The van der Waals surface area contributed by atoms with Crippen LogP contribution in [-0.2, 0) is 21.2 Å². The molecule has 6 heteroatoms. The van der Waals surface area contributed by atoms with Gasteiger partial charge >= 0.3 is 5.97 Å². The molecule has 0 N–H and O–H groups in total. The van der Waals surface area contributed by atoms with Crippen molar-refractivity contribution in [3.8, 4) is 0 Å². The third kappa shape index (κ3) is 2.69. The summed E-state index contributed by atoms with van der Waals surface area (Å²) in [7, 11) is -1.45. The monoisotopic (exact) mass is 272 g/mol. The zero-order valence-electron chi connectivity index (χ0n) is 9.81. The molecule has 0 heterocycles. The average Bonchev–Trinajstić information content (AvgIpc) is 3.13. The molecule has 1 aromatic rings. The lowest BCUT2D eigenvalue weighted by molar-refractivity contribution is 0.0595. The van der Waals surface area contributed by atoms with Crippen LogP contribution in [0.2, 0.25) is 0 Å². The lowest BCUT2D eigenvalue weighted by atomic mass is 10.0. The van der Waals surface area contributed by atoms with Crippen LogP contribution in [0.5, 0.6) is 0 Å². The summed E-state index contributed by atoms with van der Waals surface area (Å²) in [5.74, 6) is -1.41. The SMILES string of the molecule is COC(=O)c1cc(C[SH](=O)=O)c(C2CC2)cc1F. The smallest absolute Gasteiger partial charge is 0.340 e. The first kappa shape index (κ1) is 13.0. The van der Waals surface area contributed by atoms with E-state index >= 15 is 0 Å². The van der Waals surface area contributed by atoms with E-state index in [1.807, 2.05) is 0 Å². The maximum absolute atomic E-state index is 13.7. The highest BCUT2D eigenvalue weighted by atomic mass is 32.2. The van der Waals surface area contributed by atoms with Crippen molar-refractivity contribution < 1.29 is 22.3 Å². The minimum Gasteiger partial charge on any atom is -0.465 e. The Kier molecular flexibility index (Phi) is 3.65. The molecule has 0 atom stereocenters. The van der Waals surface area contributed by atoms with Gasteiger partial charge in [0.05, 0.1) is 18.4 Å². The number of methoxy groups -OCH3 is 1. The number of carbonyl (C=O) groups is 1. The minimum absolute atomic E-state index is 0.175. The summed E-state index contributed by atoms with van der Waals surface area (Å²) in [6.07, 6.45) is 1.86. The van der Waals surface area contributed by atoms with E-state index < -0.39 is 22.5 Å². The molecule has 2 rings (SSSR count). The van der Waals surface area contributed by atoms with Crippen molar-refractivity contribution in [2.45, 2.75) is 24.5 Å². The molecule has 0 unspecified atom stereocenters. The quantitative estimate of drug-likeness (QED) is 0.668. The van der Waals surface area contributed by atoms with E-state index in [-0.39, 0.29) is 17.2 Å². The summed E-state index contributed by atoms with van der Waals surface area (Å²) >= 11 is 0. The maximum Gasteiger partial charge on any atom is 0.340 e. The van der Waals surface area contributed by atoms with Gasteiger partial charge < -0.3 is 4.74 Å². The van der Waals surface area contributed by atoms with Crippen molar-refractivity contribution in [2.24, 2.45) is 0 Å².